The molecule has 0 saturated carbocycles. The van der Waals surface area contributed by atoms with E-state index in [0.717, 1.165) is 12.8 Å². The van der Waals surface area contributed by atoms with Crippen molar-refractivity contribution < 1.29 is 0 Å². The molecule has 0 fully saturated rings. The average Bonchev–Trinajstić information content (AvgIpc) is 2.83. The van der Waals surface area contributed by atoms with Crippen molar-refractivity contribution in [1.29, 1.82) is 0 Å². The summed E-state index contributed by atoms with van der Waals surface area (Å²) in [7, 11) is 0. The van der Waals surface area contributed by atoms with Crippen LogP contribution in [0, 0.1) is 6.92 Å². The van der Waals surface area contributed by atoms with Crippen LogP contribution in [-0.2, 0) is 6.42 Å². The standard InChI is InChI=1S/C17H20N2/c1-12-6-3-4-8-15(12)13(2)19-16-10-9-14-7-5-11-18-17(14)16/h3-8,11,13,16,19H,9-10H2,1-2H3. The van der Waals surface area contributed by atoms with Crippen molar-refractivity contribution in [3.05, 3.63) is 65.0 Å². The van der Waals surface area contributed by atoms with Gasteiger partial charge in [-0.25, -0.2) is 0 Å². The second kappa shape index (κ2) is 5.14. The number of hydrogen-bond acceptors (Lipinski definition) is 2. The van der Waals surface area contributed by atoms with Gasteiger partial charge < -0.3 is 5.32 Å². The maximum atomic E-state index is 4.55. The van der Waals surface area contributed by atoms with Crippen LogP contribution in [0.2, 0.25) is 0 Å². The van der Waals surface area contributed by atoms with Gasteiger partial charge >= 0.3 is 0 Å². The highest BCUT2D eigenvalue weighted by Gasteiger charge is 2.25. The van der Waals surface area contributed by atoms with Crippen LogP contribution in [0.15, 0.2) is 42.6 Å². The Labute approximate surface area is 114 Å². The van der Waals surface area contributed by atoms with E-state index in [-0.39, 0.29) is 0 Å². The molecule has 1 heterocycles. The van der Waals surface area contributed by atoms with Gasteiger partial charge in [0.15, 0.2) is 0 Å². The van der Waals surface area contributed by atoms with Gasteiger partial charge in [-0.2, -0.15) is 0 Å². The second-order valence-electron chi connectivity index (χ2n) is 5.38. The fourth-order valence-corrected chi connectivity index (χ4v) is 3.04. The molecule has 2 unspecified atom stereocenters. The van der Waals surface area contributed by atoms with Gasteiger partial charge in [0.25, 0.3) is 0 Å². The summed E-state index contributed by atoms with van der Waals surface area (Å²) in [5.74, 6) is 0. The summed E-state index contributed by atoms with van der Waals surface area (Å²) < 4.78 is 0. The van der Waals surface area contributed by atoms with E-state index in [9.17, 15) is 0 Å². The molecule has 1 N–H and O–H groups in total. The minimum Gasteiger partial charge on any atom is -0.302 e. The van der Waals surface area contributed by atoms with Crippen LogP contribution in [0.25, 0.3) is 0 Å². The normalized spacial score (nSPS) is 19.2. The number of aromatic nitrogens is 1. The molecule has 98 valence electrons. The summed E-state index contributed by atoms with van der Waals surface area (Å²) in [5.41, 5.74) is 5.37. The number of fused-ring (bicyclic) bond motifs is 1. The van der Waals surface area contributed by atoms with Gasteiger partial charge in [-0.05, 0) is 49.4 Å². The summed E-state index contributed by atoms with van der Waals surface area (Å²) in [6, 6.07) is 13.6. The smallest absolute Gasteiger partial charge is 0.0605 e. The van der Waals surface area contributed by atoms with Gasteiger partial charge in [0.05, 0.1) is 11.7 Å². The lowest BCUT2D eigenvalue weighted by Crippen LogP contribution is -2.24. The molecule has 3 rings (SSSR count). The molecule has 0 saturated heterocycles. The van der Waals surface area contributed by atoms with E-state index in [1.165, 1.54) is 22.4 Å². The zero-order valence-electron chi connectivity index (χ0n) is 11.6. The van der Waals surface area contributed by atoms with Crippen molar-refractivity contribution in [2.24, 2.45) is 0 Å². The van der Waals surface area contributed by atoms with E-state index in [1.807, 2.05) is 12.3 Å². The molecule has 0 bridgehead atoms. The molecule has 0 amide bonds. The number of aryl methyl sites for hydroxylation is 2. The predicted octanol–water partition coefficient (Wildman–Crippen LogP) is 3.73. The van der Waals surface area contributed by atoms with Crippen LogP contribution in [0.1, 0.15) is 47.8 Å². The van der Waals surface area contributed by atoms with Gasteiger partial charge in [-0.3, -0.25) is 4.98 Å². The molecule has 2 nitrogen and oxygen atoms in total. The van der Waals surface area contributed by atoms with Gasteiger partial charge in [-0.15, -0.1) is 0 Å². The molecule has 1 aliphatic rings. The number of nitrogens with one attached hydrogen (secondary N) is 1. The van der Waals surface area contributed by atoms with Crippen LogP contribution < -0.4 is 5.32 Å². The summed E-state index contributed by atoms with van der Waals surface area (Å²) in [6.45, 7) is 4.41. The molecule has 19 heavy (non-hydrogen) atoms. The Morgan fingerprint density at radius 1 is 1.21 bits per heavy atom. The Morgan fingerprint density at radius 3 is 2.89 bits per heavy atom. The van der Waals surface area contributed by atoms with Gasteiger partial charge in [0.2, 0.25) is 0 Å². The SMILES string of the molecule is Cc1ccccc1C(C)NC1CCc2cccnc21. The number of nitrogens with zero attached hydrogens (tertiary/aromatic N) is 1. The molecule has 0 radical (unpaired) electrons. The van der Waals surface area contributed by atoms with Gasteiger partial charge in [-0.1, -0.05) is 30.3 Å². The minimum absolute atomic E-state index is 0.360. The predicted molar refractivity (Wildman–Crippen MR) is 78.0 cm³/mol. The Balaban J connectivity index is 1.78. The van der Waals surface area contributed by atoms with E-state index >= 15 is 0 Å². The van der Waals surface area contributed by atoms with Gasteiger partial charge in [0, 0.05) is 12.2 Å². The lowest BCUT2D eigenvalue weighted by molar-refractivity contribution is 0.457. The first kappa shape index (κ1) is 12.4. The van der Waals surface area contributed by atoms with Crippen LogP contribution in [0.5, 0.6) is 0 Å². The molecule has 2 heteroatoms. The van der Waals surface area contributed by atoms with Crippen LogP contribution in [0.4, 0.5) is 0 Å². The van der Waals surface area contributed by atoms with E-state index in [1.54, 1.807) is 0 Å². The van der Waals surface area contributed by atoms with Crippen molar-refractivity contribution in [1.82, 2.24) is 10.3 Å². The van der Waals surface area contributed by atoms with Crippen LogP contribution >= 0.6 is 0 Å². The second-order valence-corrected chi connectivity index (χ2v) is 5.38. The van der Waals surface area contributed by atoms with E-state index in [2.05, 4.69) is 54.5 Å². The number of rotatable bonds is 3. The zero-order valence-corrected chi connectivity index (χ0v) is 11.6. The maximum absolute atomic E-state index is 4.55. The van der Waals surface area contributed by atoms with Crippen molar-refractivity contribution in [3.8, 4) is 0 Å². The molecule has 2 atom stereocenters. The minimum atomic E-state index is 0.360. The first-order valence-electron chi connectivity index (χ1n) is 7.01. The Bertz CT molecular complexity index is 577. The lowest BCUT2D eigenvalue weighted by atomic mass is 10.0. The number of benzene rings is 1. The fraction of sp³-hybridized carbons (Fsp3) is 0.353. The zero-order chi connectivity index (χ0) is 13.2. The summed E-state index contributed by atoms with van der Waals surface area (Å²) >= 11 is 0. The third kappa shape index (κ3) is 2.41. The van der Waals surface area contributed by atoms with Crippen molar-refractivity contribution in [2.45, 2.75) is 38.8 Å². The summed E-state index contributed by atoms with van der Waals surface area (Å²) in [4.78, 5) is 4.55. The Kier molecular flexibility index (Phi) is 3.34. The highest BCUT2D eigenvalue weighted by molar-refractivity contribution is 5.31. The van der Waals surface area contributed by atoms with Crippen molar-refractivity contribution in [3.63, 3.8) is 0 Å². The Morgan fingerprint density at radius 2 is 2.05 bits per heavy atom. The van der Waals surface area contributed by atoms with Crippen LogP contribution in [-0.4, -0.2) is 4.98 Å². The summed E-state index contributed by atoms with van der Waals surface area (Å²) in [5, 5.41) is 3.73. The third-order valence-electron chi connectivity index (χ3n) is 4.06. The van der Waals surface area contributed by atoms with E-state index < -0.39 is 0 Å². The monoisotopic (exact) mass is 252 g/mol. The molecular weight excluding hydrogens is 232 g/mol. The largest absolute Gasteiger partial charge is 0.302 e. The van der Waals surface area contributed by atoms with E-state index in [0.29, 0.717) is 12.1 Å². The highest BCUT2D eigenvalue weighted by atomic mass is 15.0. The third-order valence-corrected chi connectivity index (χ3v) is 4.06. The number of hydrogen-bond donors (Lipinski definition) is 1. The van der Waals surface area contributed by atoms with E-state index in [4.69, 9.17) is 0 Å². The van der Waals surface area contributed by atoms with Crippen molar-refractivity contribution in [2.75, 3.05) is 0 Å². The number of pyridine rings is 1. The summed E-state index contributed by atoms with van der Waals surface area (Å²) in [6.07, 6.45) is 4.20. The topological polar surface area (TPSA) is 24.9 Å². The van der Waals surface area contributed by atoms with Crippen LogP contribution in [0.3, 0.4) is 0 Å². The Hall–Kier alpha value is -1.67. The molecule has 2 aromatic rings. The first-order valence-corrected chi connectivity index (χ1v) is 7.01. The fourth-order valence-electron chi connectivity index (χ4n) is 3.04. The van der Waals surface area contributed by atoms with Gasteiger partial charge in [0.1, 0.15) is 0 Å². The lowest BCUT2D eigenvalue weighted by Gasteiger charge is -2.21. The molecule has 0 aliphatic heterocycles. The molecule has 1 aliphatic carbocycles. The molecule has 1 aromatic carbocycles. The first-order chi connectivity index (χ1) is 9.25. The molecule has 1 aromatic heterocycles. The molecule has 0 spiro atoms. The average molecular weight is 252 g/mol. The highest BCUT2D eigenvalue weighted by Crippen LogP contribution is 2.31. The molecular formula is C17H20N2. The maximum Gasteiger partial charge on any atom is 0.0605 e. The van der Waals surface area contributed by atoms with Crippen molar-refractivity contribution >= 4 is 0 Å². The quantitative estimate of drug-likeness (QED) is 0.900.